The van der Waals surface area contributed by atoms with Gasteiger partial charge in [-0.25, -0.2) is 14.2 Å². The molecule has 0 atom stereocenters. The Balaban J connectivity index is 2.58. The molecule has 2 rings (SSSR count). The molecule has 1 aromatic carbocycles. The zero-order valence-corrected chi connectivity index (χ0v) is 12.0. The number of methoxy groups -OCH3 is 1. The molecule has 0 aliphatic rings. The molecule has 0 radical (unpaired) electrons. The maximum Gasteiger partial charge on any atom is 0.341 e. The van der Waals surface area contributed by atoms with Gasteiger partial charge in [-0.2, -0.15) is 4.98 Å². The van der Waals surface area contributed by atoms with Crippen molar-refractivity contribution in [3.8, 4) is 17.3 Å². The molecule has 21 heavy (non-hydrogen) atoms. The van der Waals surface area contributed by atoms with Crippen LogP contribution in [0.5, 0.6) is 6.01 Å². The van der Waals surface area contributed by atoms with E-state index >= 15 is 0 Å². The lowest BCUT2D eigenvalue weighted by Crippen LogP contribution is -2.12. The number of hydrogen-bond donors (Lipinski definition) is 0. The van der Waals surface area contributed by atoms with Gasteiger partial charge in [-0.05, 0) is 26.0 Å². The van der Waals surface area contributed by atoms with Crippen molar-refractivity contribution < 1.29 is 18.7 Å². The van der Waals surface area contributed by atoms with Crippen molar-refractivity contribution in [2.24, 2.45) is 0 Å². The van der Waals surface area contributed by atoms with E-state index in [1.807, 2.05) is 13.8 Å². The number of halogens is 1. The van der Waals surface area contributed by atoms with Crippen molar-refractivity contribution in [2.75, 3.05) is 7.11 Å². The number of carbonyl (C=O) groups excluding carboxylic acids is 1. The molecule has 2 aromatic rings. The maximum absolute atomic E-state index is 14.0. The number of rotatable bonds is 4. The number of aromatic nitrogens is 2. The predicted octanol–water partition coefficient (Wildman–Crippen LogP) is 2.86. The van der Waals surface area contributed by atoms with Crippen molar-refractivity contribution in [1.29, 1.82) is 0 Å². The highest BCUT2D eigenvalue weighted by atomic mass is 19.1. The standard InChI is InChI=1S/C15H15FN2O3/c1-9(2)21-15-17-8-11(14(19)20-3)13(18-15)10-6-4-5-7-12(10)16/h4-9H,1-3H3. The van der Waals surface area contributed by atoms with E-state index in [0.29, 0.717) is 0 Å². The molecular formula is C15H15FN2O3. The smallest absolute Gasteiger partial charge is 0.341 e. The van der Waals surface area contributed by atoms with Gasteiger partial charge in [-0.1, -0.05) is 12.1 Å². The summed E-state index contributed by atoms with van der Waals surface area (Å²) in [5.41, 5.74) is 0.415. The van der Waals surface area contributed by atoms with Gasteiger partial charge in [-0.15, -0.1) is 0 Å². The number of ether oxygens (including phenoxy) is 2. The van der Waals surface area contributed by atoms with Crippen molar-refractivity contribution in [2.45, 2.75) is 20.0 Å². The molecule has 5 nitrogen and oxygen atoms in total. The van der Waals surface area contributed by atoms with E-state index in [1.54, 1.807) is 12.1 Å². The third-order valence-corrected chi connectivity index (χ3v) is 2.64. The predicted molar refractivity (Wildman–Crippen MR) is 74.5 cm³/mol. The van der Waals surface area contributed by atoms with Gasteiger partial charge >= 0.3 is 12.0 Å². The molecule has 110 valence electrons. The first-order chi connectivity index (χ1) is 10.0. The van der Waals surface area contributed by atoms with Crippen LogP contribution in [0.15, 0.2) is 30.5 Å². The summed E-state index contributed by atoms with van der Waals surface area (Å²) in [7, 11) is 1.24. The van der Waals surface area contributed by atoms with Crippen LogP contribution in [0.3, 0.4) is 0 Å². The molecule has 0 saturated carbocycles. The molecule has 0 aliphatic heterocycles. The largest absolute Gasteiger partial charge is 0.465 e. The van der Waals surface area contributed by atoms with Gasteiger partial charge in [0.05, 0.1) is 18.9 Å². The fraction of sp³-hybridized carbons (Fsp3) is 0.267. The second kappa shape index (κ2) is 6.30. The van der Waals surface area contributed by atoms with Crippen molar-refractivity contribution >= 4 is 5.97 Å². The first-order valence-corrected chi connectivity index (χ1v) is 6.40. The molecule has 0 spiro atoms. The van der Waals surface area contributed by atoms with Gasteiger partial charge in [0, 0.05) is 11.8 Å². The summed E-state index contributed by atoms with van der Waals surface area (Å²) in [6.45, 7) is 3.64. The lowest BCUT2D eigenvalue weighted by molar-refractivity contribution is 0.0600. The SMILES string of the molecule is COC(=O)c1cnc(OC(C)C)nc1-c1ccccc1F. The van der Waals surface area contributed by atoms with E-state index in [-0.39, 0.29) is 28.9 Å². The van der Waals surface area contributed by atoms with Gasteiger partial charge in [0.15, 0.2) is 0 Å². The summed E-state index contributed by atoms with van der Waals surface area (Å²) in [6.07, 6.45) is 1.14. The monoisotopic (exact) mass is 290 g/mol. The van der Waals surface area contributed by atoms with E-state index < -0.39 is 11.8 Å². The van der Waals surface area contributed by atoms with Crippen molar-refractivity contribution in [1.82, 2.24) is 9.97 Å². The molecule has 1 aromatic heterocycles. The Morgan fingerprint density at radius 3 is 2.62 bits per heavy atom. The highest BCUT2D eigenvalue weighted by Gasteiger charge is 2.19. The second-order valence-electron chi connectivity index (χ2n) is 4.55. The van der Waals surface area contributed by atoms with Gasteiger partial charge in [-0.3, -0.25) is 0 Å². The lowest BCUT2D eigenvalue weighted by atomic mass is 10.1. The van der Waals surface area contributed by atoms with E-state index in [9.17, 15) is 9.18 Å². The first-order valence-electron chi connectivity index (χ1n) is 6.40. The van der Waals surface area contributed by atoms with Crippen LogP contribution in [0, 0.1) is 5.82 Å². The number of esters is 1. The minimum Gasteiger partial charge on any atom is -0.465 e. The van der Waals surface area contributed by atoms with Crippen molar-refractivity contribution in [3.63, 3.8) is 0 Å². The van der Waals surface area contributed by atoms with Gasteiger partial charge in [0.2, 0.25) is 0 Å². The minimum atomic E-state index is -0.635. The fourth-order valence-electron chi connectivity index (χ4n) is 1.75. The molecule has 0 fully saturated rings. The van der Waals surface area contributed by atoms with E-state index in [2.05, 4.69) is 14.7 Å². The Bertz CT molecular complexity index is 659. The van der Waals surface area contributed by atoms with Crippen molar-refractivity contribution in [3.05, 3.63) is 41.8 Å². The number of benzene rings is 1. The number of carbonyl (C=O) groups is 1. The molecule has 0 N–H and O–H groups in total. The van der Waals surface area contributed by atoms with Crippen LogP contribution in [0.4, 0.5) is 4.39 Å². The van der Waals surface area contributed by atoms with Crippen LogP contribution < -0.4 is 4.74 Å². The highest BCUT2D eigenvalue weighted by Crippen LogP contribution is 2.26. The summed E-state index contributed by atoms with van der Waals surface area (Å²) in [5, 5.41) is 0. The molecule has 6 heteroatoms. The number of nitrogens with zero attached hydrogens (tertiary/aromatic N) is 2. The Hall–Kier alpha value is -2.50. The summed E-state index contributed by atoms with van der Waals surface area (Å²) in [4.78, 5) is 19.9. The van der Waals surface area contributed by atoms with E-state index in [4.69, 9.17) is 4.74 Å². The fourth-order valence-corrected chi connectivity index (χ4v) is 1.75. The van der Waals surface area contributed by atoms with E-state index in [1.165, 1.54) is 25.4 Å². The summed E-state index contributed by atoms with van der Waals surface area (Å²) < 4.78 is 24.0. The maximum atomic E-state index is 14.0. The van der Waals surface area contributed by atoms with Crippen LogP contribution in [0.25, 0.3) is 11.3 Å². The Morgan fingerprint density at radius 1 is 1.29 bits per heavy atom. The zero-order chi connectivity index (χ0) is 15.4. The molecular weight excluding hydrogens is 275 g/mol. The average Bonchev–Trinajstić information content (AvgIpc) is 2.46. The van der Waals surface area contributed by atoms with Crippen LogP contribution in [-0.2, 0) is 4.74 Å². The molecule has 0 saturated heterocycles. The summed E-state index contributed by atoms with van der Waals surface area (Å²) >= 11 is 0. The lowest BCUT2D eigenvalue weighted by Gasteiger charge is -2.11. The first kappa shape index (κ1) is 14.9. The Labute approximate surface area is 121 Å². The normalized spacial score (nSPS) is 10.5. The third-order valence-electron chi connectivity index (χ3n) is 2.64. The van der Waals surface area contributed by atoms with Gasteiger partial charge in [0.1, 0.15) is 11.4 Å². The topological polar surface area (TPSA) is 61.3 Å². The van der Waals surface area contributed by atoms with Crippen LogP contribution in [-0.4, -0.2) is 29.2 Å². The number of hydrogen-bond acceptors (Lipinski definition) is 5. The Kier molecular flexibility index (Phi) is 4.47. The van der Waals surface area contributed by atoms with Gasteiger partial charge in [0.25, 0.3) is 0 Å². The zero-order valence-electron chi connectivity index (χ0n) is 12.0. The van der Waals surface area contributed by atoms with Crippen LogP contribution >= 0.6 is 0 Å². The second-order valence-corrected chi connectivity index (χ2v) is 4.55. The minimum absolute atomic E-state index is 0.0795. The quantitative estimate of drug-likeness (QED) is 0.810. The average molecular weight is 290 g/mol. The molecule has 0 aliphatic carbocycles. The highest BCUT2D eigenvalue weighted by molar-refractivity contribution is 5.95. The summed E-state index contributed by atoms with van der Waals surface area (Å²) in [6, 6.07) is 6.12. The molecule has 0 unspecified atom stereocenters. The summed E-state index contributed by atoms with van der Waals surface area (Å²) in [5.74, 6) is -1.12. The molecule has 0 bridgehead atoms. The molecule has 1 heterocycles. The third kappa shape index (κ3) is 3.34. The van der Waals surface area contributed by atoms with Crippen LogP contribution in [0.2, 0.25) is 0 Å². The van der Waals surface area contributed by atoms with E-state index in [0.717, 1.165) is 0 Å². The van der Waals surface area contributed by atoms with Gasteiger partial charge < -0.3 is 9.47 Å². The molecule has 0 amide bonds. The van der Waals surface area contributed by atoms with Crippen LogP contribution in [0.1, 0.15) is 24.2 Å². The Morgan fingerprint density at radius 2 is 2.00 bits per heavy atom.